The first-order valence-electron chi connectivity index (χ1n) is 9.34. The molecule has 0 bridgehead atoms. The normalized spacial score (nSPS) is 12.4. The SMILES string of the molecule is Nc1ccc2c(c1)oc1cc3c(cc12)oc1cc2c(cc13)oc1cc(N)ccc12. The van der Waals surface area contributed by atoms with Crippen LogP contribution >= 0.6 is 0 Å². The second-order valence-electron chi connectivity index (χ2n) is 7.51. The molecule has 0 aliphatic carbocycles. The van der Waals surface area contributed by atoms with Crippen LogP contribution in [0.25, 0.3) is 65.8 Å². The molecule has 0 saturated carbocycles. The van der Waals surface area contributed by atoms with E-state index in [4.69, 9.17) is 24.7 Å². The fourth-order valence-electron chi connectivity index (χ4n) is 4.35. The van der Waals surface area contributed by atoms with Crippen LogP contribution in [0.3, 0.4) is 0 Å². The van der Waals surface area contributed by atoms with E-state index in [0.717, 1.165) is 65.8 Å². The monoisotopic (exact) mass is 378 g/mol. The van der Waals surface area contributed by atoms with E-state index in [1.165, 1.54) is 0 Å². The molecule has 0 unspecified atom stereocenters. The number of nitrogen functional groups attached to an aromatic ring is 2. The number of anilines is 2. The van der Waals surface area contributed by atoms with Crippen LogP contribution in [0, 0.1) is 0 Å². The molecule has 0 radical (unpaired) electrons. The third kappa shape index (κ3) is 1.88. The molecule has 29 heavy (non-hydrogen) atoms. The van der Waals surface area contributed by atoms with Gasteiger partial charge < -0.3 is 24.7 Å². The topological polar surface area (TPSA) is 91.5 Å². The van der Waals surface area contributed by atoms with Gasteiger partial charge in [-0.2, -0.15) is 0 Å². The fourth-order valence-corrected chi connectivity index (χ4v) is 4.35. The van der Waals surface area contributed by atoms with Crippen LogP contribution < -0.4 is 11.5 Å². The Hall–Kier alpha value is -4.12. The summed E-state index contributed by atoms with van der Waals surface area (Å²) >= 11 is 0. The van der Waals surface area contributed by atoms with Crippen LogP contribution in [0.15, 0.2) is 73.9 Å². The summed E-state index contributed by atoms with van der Waals surface area (Å²) in [7, 11) is 0. The average Bonchev–Trinajstić information content (AvgIpc) is 3.33. The number of furan rings is 3. The van der Waals surface area contributed by atoms with E-state index in [1.807, 2.05) is 60.7 Å². The first kappa shape index (κ1) is 14.9. The standard InChI is InChI=1S/C24H14N2O3/c25-11-1-3-13-15-7-23-17(9-21(15)27-19(13)5-11)18-10-22-16(8-24(18)29-23)14-4-2-12(26)6-20(14)28-22/h1-10H,25-26H2. The summed E-state index contributed by atoms with van der Waals surface area (Å²) in [6, 6.07) is 19.5. The lowest BCUT2D eigenvalue weighted by Gasteiger charge is -1.92. The van der Waals surface area contributed by atoms with Gasteiger partial charge in [-0.3, -0.25) is 0 Å². The molecular formula is C24H14N2O3. The van der Waals surface area contributed by atoms with Crippen LogP contribution in [0.1, 0.15) is 0 Å². The number of benzene rings is 4. The maximum atomic E-state index is 6.22. The molecule has 5 nitrogen and oxygen atoms in total. The van der Waals surface area contributed by atoms with Crippen LogP contribution in [0.2, 0.25) is 0 Å². The molecular weight excluding hydrogens is 364 g/mol. The zero-order chi connectivity index (χ0) is 19.3. The van der Waals surface area contributed by atoms with Crippen molar-refractivity contribution in [2.24, 2.45) is 0 Å². The third-order valence-corrected chi connectivity index (χ3v) is 5.71. The predicted octanol–water partition coefficient (Wildman–Crippen LogP) is 6.55. The van der Waals surface area contributed by atoms with E-state index in [9.17, 15) is 0 Å². The summed E-state index contributed by atoms with van der Waals surface area (Å²) in [5, 5.41) is 6.04. The van der Waals surface area contributed by atoms with Crippen molar-refractivity contribution in [3.63, 3.8) is 0 Å². The van der Waals surface area contributed by atoms with Crippen molar-refractivity contribution in [1.29, 1.82) is 0 Å². The minimum atomic E-state index is 0.679. The third-order valence-electron chi connectivity index (χ3n) is 5.71. The van der Waals surface area contributed by atoms with Crippen molar-refractivity contribution in [3.05, 3.63) is 60.7 Å². The molecule has 7 aromatic rings. The first-order valence-corrected chi connectivity index (χ1v) is 9.34. The summed E-state index contributed by atoms with van der Waals surface area (Å²) in [6.07, 6.45) is 0. The highest BCUT2D eigenvalue weighted by atomic mass is 16.3. The number of hydrogen-bond acceptors (Lipinski definition) is 5. The second-order valence-corrected chi connectivity index (χ2v) is 7.51. The van der Waals surface area contributed by atoms with Gasteiger partial charge in [0.25, 0.3) is 0 Å². The summed E-state index contributed by atoms with van der Waals surface area (Å²) < 4.78 is 18.3. The molecule has 0 atom stereocenters. The van der Waals surface area contributed by atoms with Crippen molar-refractivity contribution in [2.45, 2.75) is 0 Å². The smallest absolute Gasteiger partial charge is 0.137 e. The van der Waals surface area contributed by atoms with Crippen molar-refractivity contribution < 1.29 is 13.3 Å². The molecule has 3 heterocycles. The van der Waals surface area contributed by atoms with Gasteiger partial charge in [0, 0.05) is 55.8 Å². The Morgan fingerprint density at radius 3 is 1.07 bits per heavy atom. The maximum absolute atomic E-state index is 6.22. The van der Waals surface area contributed by atoms with Gasteiger partial charge in [0.2, 0.25) is 0 Å². The van der Waals surface area contributed by atoms with E-state index in [2.05, 4.69) is 0 Å². The van der Waals surface area contributed by atoms with Crippen molar-refractivity contribution in [1.82, 2.24) is 0 Å². The van der Waals surface area contributed by atoms with Gasteiger partial charge in [0.1, 0.15) is 33.5 Å². The molecule has 0 fully saturated rings. The van der Waals surface area contributed by atoms with Gasteiger partial charge in [-0.15, -0.1) is 0 Å². The van der Waals surface area contributed by atoms with E-state index in [0.29, 0.717) is 11.4 Å². The largest absolute Gasteiger partial charge is 0.456 e. The summed E-state index contributed by atoms with van der Waals surface area (Å²) in [6.45, 7) is 0. The van der Waals surface area contributed by atoms with Gasteiger partial charge in [0.15, 0.2) is 0 Å². The molecule has 0 aliphatic rings. The summed E-state index contributed by atoms with van der Waals surface area (Å²) in [5.74, 6) is 0. The Morgan fingerprint density at radius 2 is 0.690 bits per heavy atom. The molecule has 0 aliphatic heterocycles. The van der Waals surface area contributed by atoms with Crippen LogP contribution in [0.4, 0.5) is 11.4 Å². The minimum Gasteiger partial charge on any atom is -0.456 e. The Kier molecular flexibility index (Phi) is 2.48. The highest BCUT2D eigenvalue weighted by Crippen LogP contribution is 2.40. The van der Waals surface area contributed by atoms with Gasteiger partial charge in [-0.25, -0.2) is 0 Å². The van der Waals surface area contributed by atoms with Crippen LogP contribution in [-0.4, -0.2) is 0 Å². The van der Waals surface area contributed by atoms with E-state index >= 15 is 0 Å². The Bertz CT molecular complexity index is 1650. The molecule has 5 heteroatoms. The van der Waals surface area contributed by atoms with E-state index in [-0.39, 0.29) is 0 Å². The lowest BCUT2D eigenvalue weighted by atomic mass is 10.1. The first-order chi connectivity index (χ1) is 14.1. The summed E-state index contributed by atoms with van der Waals surface area (Å²) in [5.41, 5.74) is 17.9. The molecule has 0 amide bonds. The summed E-state index contributed by atoms with van der Waals surface area (Å²) in [4.78, 5) is 0. The number of nitrogens with two attached hydrogens (primary N) is 2. The van der Waals surface area contributed by atoms with Crippen LogP contribution in [-0.2, 0) is 0 Å². The number of fused-ring (bicyclic) bond motifs is 9. The zero-order valence-electron chi connectivity index (χ0n) is 15.2. The maximum Gasteiger partial charge on any atom is 0.137 e. The predicted molar refractivity (Wildman–Crippen MR) is 117 cm³/mol. The zero-order valence-corrected chi connectivity index (χ0v) is 15.2. The Morgan fingerprint density at radius 1 is 0.379 bits per heavy atom. The lowest BCUT2D eigenvalue weighted by Crippen LogP contribution is -1.81. The van der Waals surface area contributed by atoms with Gasteiger partial charge in [-0.1, -0.05) is 0 Å². The molecule has 0 saturated heterocycles. The van der Waals surface area contributed by atoms with Crippen molar-refractivity contribution in [2.75, 3.05) is 11.5 Å². The Balaban J connectivity index is 1.60. The molecule has 4 N–H and O–H groups in total. The Labute approximate surface area is 163 Å². The highest BCUT2D eigenvalue weighted by molar-refractivity contribution is 6.18. The highest BCUT2D eigenvalue weighted by Gasteiger charge is 2.16. The molecule has 4 aromatic carbocycles. The molecule has 7 rings (SSSR count). The minimum absolute atomic E-state index is 0.679. The molecule has 3 aromatic heterocycles. The van der Waals surface area contributed by atoms with E-state index < -0.39 is 0 Å². The average molecular weight is 378 g/mol. The quantitative estimate of drug-likeness (QED) is 0.292. The fraction of sp³-hybridized carbons (Fsp3) is 0. The van der Waals surface area contributed by atoms with Crippen molar-refractivity contribution >= 4 is 77.2 Å². The van der Waals surface area contributed by atoms with Gasteiger partial charge >= 0.3 is 0 Å². The molecule has 138 valence electrons. The lowest BCUT2D eigenvalue weighted by molar-refractivity contribution is 0.662. The van der Waals surface area contributed by atoms with Gasteiger partial charge in [-0.05, 0) is 48.5 Å². The van der Waals surface area contributed by atoms with Crippen molar-refractivity contribution in [3.8, 4) is 0 Å². The number of hydrogen-bond donors (Lipinski definition) is 2. The molecule has 0 spiro atoms. The second kappa shape index (κ2) is 4.83. The van der Waals surface area contributed by atoms with Crippen LogP contribution in [0.5, 0.6) is 0 Å². The van der Waals surface area contributed by atoms with E-state index in [1.54, 1.807) is 0 Å². The number of rotatable bonds is 0. The van der Waals surface area contributed by atoms with Gasteiger partial charge in [0.05, 0.1) is 0 Å².